The topological polar surface area (TPSA) is 66.5 Å². The molecular formula is C19H22N2O3S. The van der Waals surface area contributed by atoms with Crippen LogP contribution < -0.4 is 4.72 Å². The molecule has 25 heavy (non-hydrogen) atoms. The number of benzene rings is 2. The van der Waals surface area contributed by atoms with E-state index in [0.29, 0.717) is 18.7 Å². The van der Waals surface area contributed by atoms with Crippen LogP contribution in [0.15, 0.2) is 54.6 Å². The first kappa shape index (κ1) is 17.6. The van der Waals surface area contributed by atoms with Crippen molar-refractivity contribution in [3.05, 3.63) is 71.3 Å². The first-order valence-electron chi connectivity index (χ1n) is 8.34. The van der Waals surface area contributed by atoms with E-state index in [-0.39, 0.29) is 11.7 Å². The molecule has 0 spiro atoms. The number of carbonyl (C=O) groups excluding carboxylic acids is 1. The minimum Gasteiger partial charge on any atom is -0.337 e. The van der Waals surface area contributed by atoms with Gasteiger partial charge in [0.05, 0.1) is 11.8 Å². The maximum Gasteiger partial charge on any atom is 0.240 e. The molecule has 0 saturated heterocycles. The summed E-state index contributed by atoms with van der Waals surface area (Å²) in [6.07, 6.45) is 0.797. The van der Waals surface area contributed by atoms with Crippen LogP contribution in [0.4, 0.5) is 0 Å². The third-order valence-electron chi connectivity index (χ3n) is 4.37. The standard InChI is InChI=1S/C19H22N2O3S/c1-15(20-25(23,24)14-16-7-3-2-4-8-16)19(22)21-12-11-17-9-5-6-10-18(17)13-21/h2-10,15,20H,11-14H2,1H3/t15-/m1/s1. The van der Waals surface area contributed by atoms with Gasteiger partial charge in [-0.05, 0) is 30.0 Å². The minimum absolute atomic E-state index is 0.131. The number of carbonyl (C=O) groups is 1. The molecule has 0 radical (unpaired) electrons. The average Bonchev–Trinajstić information content (AvgIpc) is 2.60. The number of rotatable bonds is 5. The zero-order chi connectivity index (χ0) is 17.9. The molecule has 3 rings (SSSR count). The molecule has 0 aromatic heterocycles. The highest BCUT2D eigenvalue weighted by Crippen LogP contribution is 2.19. The summed E-state index contributed by atoms with van der Waals surface area (Å²) >= 11 is 0. The molecule has 2 aromatic carbocycles. The Labute approximate surface area is 148 Å². The largest absolute Gasteiger partial charge is 0.337 e. The number of sulfonamides is 1. The van der Waals surface area contributed by atoms with Crippen molar-refractivity contribution in [3.8, 4) is 0 Å². The molecule has 132 valence electrons. The van der Waals surface area contributed by atoms with Gasteiger partial charge in [-0.15, -0.1) is 0 Å². The average molecular weight is 358 g/mol. The molecule has 1 heterocycles. The van der Waals surface area contributed by atoms with Crippen LogP contribution in [0.2, 0.25) is 0 Å². The molecule has 1 amide bonds. The van der Waals surface area contributed by atoms with E-state index in [4.69, 9.17) is 0 Å². The quantitative estimate of drug-likeness (QED) is 0.890. The predicted octanol–water partition coefficient (Wildman–Crippen LogP) is 2.08. The lowest BCUT2D eigenvalue weighted by Crippen LogP contribution is -2.48. The van der Waals surface area contributed by atoms with Crippen LogP contribution in [0.5, 0.6) is 0 Å². The highest BCUT2D eigenvalue weighted by molar-refractivity contribution is 7.88. The minimum atomic E-state index is -3.58. The maximum atomic E-state index is 12.6. The second-order valence-corrected chi connectivity index (χ2v) is 8.12. The normalized spacial score (nSPS) is 15.5. The number of amides is 1. The zero-order valence-corrected chi connectivity index (χ0v) is 15.0. The lowest BCUT2D eigenvalue weighted by atomic mass is 9.99. The van der Waals surface area contributed by atoms with Crippen molar-refractivity contribution in [2.45, 2.75) is 31.7 Å². The van der Waals surface area contributed by atoms with Crippen LogP contribution in [0.1, 0.15) is 23.6 Å². The molecule has 1 aliphatic heterocycles. The van der Waals surface area contributed by atoms with Crippen molar-refractivity contribution >= 4 is 15.9 Å². The van der Waals surface area contributed by atoms with Crippen molar-refractivity contribution in [2.75, 3.05) is 6.54 Å². The number of hydrogen-bond acceptors (Lipinski definition) is 3. The van der Waals surface area contributed by atoms with Gasteiger partial charge in [0.15, 0.2) is 0 Å². The molecule has 0 saturated carbocycles. The first-order valence-corrected chi connectivity index (χ1v) is 9.99. The molecule has 2 aromatic rings. The van der Waals surface area contributed by atoms with Gasteiger partial charge < -0.3 is 4.90 Å². The van der Waals surface area contributed by atoms with Gasteiger partial charge >= 0.3 is 0 Å². The summed E-state index contributed by atoms with van der Waals surface area (Å²) in [6, 6.07) is 16.2. The van der Waals surface area contributed by atoms with Crippen LogP contribution in [0.3, 0.4) is 0 Å². The van der Waals surface area contributed by atoms with Crippen molar-refractivity contribution in [2.24, 2.45) is 0 Å². The summed E-state index contributed by atoms with van der Waals surface area (Å²) in [5.41, 5.74) is 3.08. The Morgan fingerprint density at radius 1 is 1.08 bits per heavy atom. The molecule has 0 aliphatic carbocycles. The van der Waals surface area contributed by atoms with Gasteiger partial charge in [-0.3, -0.25) is 4.79 Å². The fourth-order valence-electron chi connectivity index (χ4n) is 3.11. The van der Waals surface area contributed by atoms with Crippen LogP contribution in [-0.2, 0) is 33.5 Å². The second-order valence-electron chi connectivity index (χ2n) is 6.36. The molecule has 0 bridgehead atoms. The Morgan fingerprint density at radius 3 is 2.44 bits per heavy atom. The fraction of sp³-hybridized carbons (Fsp3) is 0.316. The summed E-state index contributed by atoms with van der Waals surface area (Å²) in [7, 11) is -3.58. The molecule has 1 aliphatic rings. The molecule has 1 atom stereocenters. The van der Waals surface area contributed by atoms with Crippen molar-refractivity contribution in [3.63, 3.8) is 0 Å². The van der Waals surface area contributed by atoms with Gasteiger partial charge in [-0.2, -0.15) is 0 Å². The Balaban J connectivity index is 1.63. The number of nitrogens with zero attached hydrogens (tertiary/aromatic N) is 1. The van der Waals surface area contributed by atoms with Gasteiger partial charge in [-0.25, -0.2) is 13.1 Å². The van der Waals surface area contributed by atoms with Crippen molar-refractivity contribution in [1.29, 1.82) is 0 Å². The Morgan fingerprint density at radius 2 is 1.72 bits per heavy atom. The van der Waals surface area contributed by atoms with Crippen LogP contribution in [-0.4, -0.2) is 31.8 Å². The molecule has 1 N–H and O–H groups in total. The van der Waals surface area contributed by atoms with Gasteiger partial charge in [0.25, 0.3) is 0 Å². The van der Waals surface area contributed by atoms with E-state index in [9.17, 15) is 13.2 Å². The van der Waals surface area contributed by atoms with Crippen molar-refractivity contribution in [1.82, 2.24) is 9.62 Å². The summed E-state index contributed by atoms with van der Waals surface area (Å²) in [6.45, 7) is 2.74. The van der Waals surface area contributed by atoms with E-state index in [2.05, 4.69) is 10.8 Å². The summed E-state index contributed by atoms with van der Waals surface area (Å²) in [4.78, 5) is 14.4. The Hall–Kier alpha value is -2.18. The van der Waals surface area contributed by atoms with Gasteiger partial charge in [-0.1, -0.05) is 54.6 Å². The SMILES string of the molecule is C[C@@H](NS(=O)(=O)Cc1ccccc1)C(=O)N1CCc2ccccc2C1. The monoisotopic (exact) mass is 358 g/mol. The predicted molar refractivity (Wildman–Crippen MR) is 97.2 cm³/mol. The van der Waals surface area contributed by atoms with E-state index in [0.717, 1.165) is 12.0 Å². The lowest BCUT2D eigenvalue weighted by molar-refractivity contribution is -0.133. The zero-order valence-electron chi connectivity index (χ0n) is 14.2. The number of hydrogen-bond donors (Lipinski definition) is 1. The Kier molecular flexibility index (Phi) is 5.20. The summed E-state index contributed by atoms with van der Waals surface area (Å²) in [5.74, 6) is -0.319. The molecule has 6 heteroatoms. The molecule has 5 nitrogen and oxygen atoms in total. The van der Waals surface area contributed by atoms with Crippen LogP contribution >= 0.6 is 0 Å². The number of nitrogens with one attached hydrogen (secondary N) is 1. The third kappa shape index (κ3) is 4.46. The van der Waals surface area contributed by atoms with E-state index in [1.54, 1.807) is 36.1 Å². The first-order chi connectivity index (χ1) is 11.9. The summed E-state index contributed by atoms with van der Waals surface area (Å²) in [5, 5.41) is 0. The van der Waals surface area contributed by atoms with E-state index >= 15 is 0 Å². The summed E-state index contributed by atoms with van der Waals surface area (Å²) < 4.78 is 27.1. The third-order valence-corrected chi connectivity index (χ3v) is 5.79. The van der Waals surface area contributed by atoms with Gasteiger partial charge in [0.2, 0.25) is 15.9 Å². The van der Waals surface area contributed by atoms with E-state index in [1.165, 1.54) is 5.56 Å². The number of fused-ring (bicyclic) bond motifs is 1. The lowest BCUT2D eigenvalue weighted by Gasteiger charge is -2.31. The Bertz CT molecular complexity index is 850. The molecule has 0 unspecified atom stereocenters. The molecular weight excluding hydrogens is 336 g/mol. The highest BCUT2D eigenvalue weighted by Gasteiger charge is 2.27. The second kappa shape index (κ2) is 7.37. The highest BCUT2D eigenvalue weighted by atomic mass is 32.2. The van der Waals surface area contributed by atoms with Gasteiger partial charge in [0, 0.05) is 13.1 Å². The molecule has 0 fully saturated rings. The van der Waals surface area contributed by atoms with Gasteiger partial charge in [0.1, 0.15) is 0 Å². The smallest absolute Gasteiger partial charge is 0.240 e. The maximum absolute atomic E-state index is 12.6. The van der Waals surface area contributed by atoms with Crippen LogP contribution in [0, 0.1) is 0 Å². The van der Waals surface area contributed by atoms with Crippen molar-refractivity contribution < 1.29 is 13.2 Å². The van der Waals surface area contributed by atoms with Crippen LogP contribution in [0.25, 0.3) is 0 Å². The fourth-order valence-corrected chi connectivity index (χ4v) is 4.47. The van der Waals surface area contributed by atoms with E-state index in [1.807, 2.05) is 24.3 Å². The van der Waals surface area contributed by atoms with E-state index < -0.39 is 16.1 Å².